The summed E-state index contributed by atoms with van der Waals surface area (Å²) in [6, 6.07) is 17.2. The Morgan fingerprint density at radius 3 is 2.35 bits per heavy atom. The number of hydrogen-bond acceptors (Lipinski definition) is 3. The predicted octanol–water partition coefficient (Wildman–Crippen LogP) is 3.70. The molecule has 0 radical (unpaired) electrons. The van der Waals surface area contributed by atoms with Crippen molar-refractivity contribution >= 4 is 11.6 Å². The van der Waals surface area contributed by atoms with Crippen molar-refractivity contribution in [2.45, 2.75) is 20.0 Å². The highest BCUT2D eigenvalue weighted by Gasteiger charge is 2.17. The molecule has 2 aromatic rings. The van der Waals surface area contributed by atoms with Gasteiger partial charge in [0.05, 0.1) is 19.1 Å². The minimum Gasteiger partial charge on any atom is -0.380 e. The Hall–Kier alpha value is -2.64. The van der Waals surface area contributed by atoms with Crippen LogP contribution < -0.4 is 4.90 Å². The van der Waals surface area contributed by atoms with Gasteiger partial charge < -0.3 is 9.64 Å². The molecule has 4 heteroatoms. The van der Waals surface area contributed by atoms with Crippen LogP contribution in [0.1, 0.15) is 27.9 Å². The number of nitriles is 1. The van der Waals surface area contributed by atoms with Crippen molar-refractivity contribution in [2.24, 2.45) is 0 Å². The fourth-order valence-corrected chi connectivity index (χ4v) is 2.30. The number of hydrogen-bond donors (Lipinski definition) is 0. The van der Waals surface area contributed by atoms with Crippen LogP contribution in [-0.2, 0) is 11.3 Å². The number of ether oxygens (including phenoxy) is 1. The fraction of sp³-hybridized carbons (Fsp3) is 0.263. The molecule has 2 aromatic carbocycles. The second-order valence-electron chi connectivity index (χ2n) is 5.33. The van der Waals surface area contributed by atoms with Crippen LogP contribution in [0.2, 0.25) is 0 Å². The van der Waals surface area contributed by atoms with E-state index in [2.05, 4.69) is 6.07 Å². The van der Waals surface area contributed by atoms with Gasteiger partial charge in [-0.3, -0.25) is 4.79 Å². The highest BCUT2D eigenvalue weighted by atomic mass is 16.5. The van der Waals surface area contributed by atoms with Crippen LogP contribution in [0.4, 0.5) is 5.69 Å². The van der Waals surface area contributed by atoms with Gasteiger partial charge in [0.1, 0.15) is 0 Å². The van der Waals surface area contributed by atoms with E-state index in [1.54, 1.807) is 24.1 Å². The number of anilines is 1. The van der Waals surface area contributed by atoms with Crippen molar-refractivity contribution in [3.8, 4) is 6.07 Å². The monoisotopic (exact) mass is 308 g/mol. The summed E-state index contributed by atoms with van der Waals surface area (Å²) < 4.78 is 5.08. The normalized spacial score (nSPS) is 10.1. The molecule has 0 spiro atoms. The van der Waals surface area contributed by atoms with Gasteiger partial charge in [-0.05, 0) is 36.8 Å². The molecule has 2 rings (SSSR count). The Labute approximate surface area is 136 Å². The van der Waals surface area contributed by atoms with Crippen LogP contribution in [0.5, 0.6) is 0 Å². The van der Waals surface area contributed by atoms with Crippen LogP contribution in [0.15, 0.2) is 48.5 Å². The predicted molar refractivity (Wildman–Crippen MR) is 90.2 cm³/mol. The minimum atomic E-state index is -0.104. The van der Waals surface area contributed by atoms with E-state index >= 15 is 0 Å². The van der Waals surface area contributed by atoms with Crippen LogP contribution in [0.3, 0.4) is 0 Å². The van der Waals surface area contributed by atoms with Gasteiger partial charge in [0.15, 0.2) is 0 Å². The van der Waals surface area contributed by atoms with Crippen molar-refractivity contribution in [3.63, 3.8) is 0 Å². The maximum absolute atomic E-state index is 12.8. The summed E-state index contributed by atoms with van der Waals surface area (Å²) in [7, 11) is 1.64. The molecule has 118 valence electrons. The lowest BCUT2D eigenvalue weighted by atomic mass is 10.1. The number of benzene rings is 2. The topological polar surface area (TPSA) is 53.3 Å². The number of amides is 1. The zero-order valence-electron chi connectivity index (χ0n) is 13.5. The highest BCUT2D eigenvalue weighted by Crippen LogP contribution is 2.19. The van der Waals surface area contributed by atoms with Crippen molar-refractivity contribution in [1.29, 1.82) is 5.26 Å². The third-order valence-corrected chi connectivity index (χ3v) is 3.55. The van der Waals surface area contributed by atoms with Crippen molar-refractivity contribution < 1.29 is 9.53 Å². The van der Waals surface area contributed by atoms with Crippen molar-refractivity contribution in [2.75, 3.05) is 18.6 Å². The van der Waals surface area contributed by atoms with Crippen LogP contribution in [0.25, 0.3) is 0 Å². The highest BCUT2D eigenvalue weighted by molar-refractivity contribution is 6.06. The van der Waals surface area contributed by atoms with Gasteiger partial charge in [0.2, 0.25) is 0 Å². The summed E-state index contributed by atoms with van der Waals surface area (Å²) in [4.78, 5) is 14.4. The number of nitrogens with zero attached hydrogens (tertiary/aromatic N) is 2. The third kappa shape index (κ3) is 4.41. The molecule has 0 heterocycles. The fourth-order valence-electron chi connectivity index (χ4n) is 2.30. The minimum absolute atomic E-state index is 0.104. The van der Waals surface area contributed by atoms with Gasteiger partial charge in [-0.25, -0.2) is 0 Å². The molecular weight excluding hydrogens is 288 g/mol. The van der Waals surface area contributed by atoms with Crippen molar-refractivity contribution in [1.82, 2.24) is 0 Å². The Kier molecular flexibility index (Phi) is 5.90. The number of rotatable bonds is 6. The lowest BCUT2D eigenvalue weighted by molar-refractivity contribution is 0.0987. The van der Waals surface area contributed by atoms with E-state index in [1.165, 1.54) is 0 Å². The summed E-state index contributed by atoms with van der Waals surface area (Å²) >= 11 is 0. The van der Waals surface area contributed by atoms with E-state index in [0.717, 1.165) is 16.8 Å². The standard InChI is InChI=1S/C19H20N2O2/c1-15-4-10-18(11-5-15)21(13-3-12-20)19(22)17-8-6-16(7-9-17)14-23-2/h4-11H,3,13-14H2,1-2H3. The summed E-state index contributed by atoms with van der Waals surface area (Å²) in [5, 5.41) is 8.85. The van der Waals surface area contributed by atoms with Gasteiger partial charge in [-0.15, -0.1) is 0 Å². The summed E-state index contributed by atoms with van der Waals surface area (Å²) in [6.45, 7) is 2.89. The zero-order chi connectivity index (χ0) is 16.7. The first-order valence-corrected chi connectivity index (χ1v) is 7.49. The SMILES string of the molecule is COCc1ccc(C(=O)N(CCC#N)c2ccc(C)cc2)cc1. The molecule has 1 amide bonds. The zero-order valence-corrected chi connectivity index (χ0v) is 13.5. The maximum atomic E-state index is 12.8. The van der Waals surface area contributed by atoms with Gasteiger partial charge in [-0.2, -0.15) is 5.26 Å². The van der Waals surface area contributed by atoms with E-state index in [0.29, 0.717) is 25.1 Å². The summed E-state index contributed by atoms with van der Waals surface area (Å²) in [6.07, 6.45) is 0.293. The average Bonchev–Trinajstić information content (AvgIpc) is 2.57. The van der Waals surface area contributed by atoms with Crippen LogP contribution >= 0.6 is 0 Å². The van der Waals surface area contributed by atoms with E-state index in [-0.39, 0.29) is 5.91 Å². The number of aryl methyl sites for hydroxylation is 1. The number of methoxy groups -OCH3 is 1. The molecule has 0 atom stereocenters. The molecular formula is C19H20N2O2. The second kappa shape index (κ2) is 8.11. The molecule has 0 saturated carbocycles. The molecule has 0 aromatic heterocycles. The molecule has 0 saturated heterocycles. The average molecular weight is 308 g/mol. The molecule has 0 aliphatic carbocycles. The van der Waals surface area contributed by atoms with E-state index in [4.69, 9.17) is 10.00 Å². The van der Waals surface area contributed by atoms with Gasteiger partial charge in [0.25, 0.3) is 5.91 Å². The molecule has 0 unspecified atom stereocenters. The lowest BCUT2D eigenvalue weighted by Gasteiger charge is -2.22. The number of carbonyl (C=O) groups is 1. The van der Waals surface area contributed by atoms with E-state index in [9.17, 15) is 4.79 Å². The van der Waals surface area contributed by atoms with Gasteiger partial charge in [0, 0.05) is 24.9 Å². The van der Waals surface area contributed by atoms with Gasteiger partial charge in [-0.1, -0.05) is 29.8 Å². The summed E-state index contributed by atoms with van der Waals surface area (Å²) in [5.41, 5.74) is 3.55. The van der Waals surface area contributed by atoms with Gasteiger partial charge >= 0.3 is 0 Å². The molecule has 0 aliphatic heterocycles. The summed E-state index contributed by atoms with van der Waals surface area (Å²) in [5.74, 6) is -0.104. The first-order chi connectivity index (χ1) is 11.2. The maximum Gasteiger partial charge on any atom is 0.258 e. The quantitative estimate of drug-likeness (QED) is 0.817. The largest absolute Gasteiger partial charge is 0.380 e. The van der Waals surface area contributed by atoms with E-state index < -0.39 is 0 Å². The molecule has 0 bridgehead atoms. The van der Waals surface area contributed by atoms with Crippen molar-refractivity contribution in [3.05, 3.63) is 65.2 Å². The molecule has 0 fully saturated rings. The van der Waals surface area contributed by atoms with Crippen LogP contribution in [0, 0.1) is 18.3 Å². The Balaban J connectivity index is 2.25. The molecule has 4 nitrogen and oxygen atoms in total. The lowest BCUT2D eigenvalue weighted by Crippen LogP contribution is -2.31. The third-order valence-electron chi connectivity index (χ3n) is 3.55. The first kappa shape index (κ1) is 16.7. The Bertz CT molecular complexity index is 685. The number of carbonyl (C=O) groups excluding carboxylic acids is 1. The van der Waals surface area contributed by atoms with E-state index in [1.807, 2.05) is 43.3 Å². The Morgan fingerprint density at radius 2 is 1.78 bits per heavy atom. The Morgan fingerprint density at radius 1 is 1.13 bits per heavy atom. The second-order valence-corrected chi connectivity index (χ2v) is 5.33. The molecule has 23 heavy (non-hydrogen) atoms. The smallest absolute Gasteiger partial charge is 0.258 e. The molecule has 0 aliphatic rings. The first-order valence-electron chi connectivity index (χ1n) is 7.49. The molecule has 0 N–H and O–H groups in total. The van der Waals surface area contributed by atoms with Crippen LogP contribution in [-0.4, -0.2) is 19.6 Å².